The Morgan fingerprint density at radius 1 is 0.926 bits per heavy atom. The molecule has 2 heterocycles. The summed E-state index contributed by atoms with van der Waals surface area (Å²) in [4.78, 5) is 38.7. The number of nitrogens with zero attached hydrogens (tertiary/aromatic N) is 2. The van der Waals surface area contributed by atoms with Crippen LogP contribution in [0.5, 0.6) is 0 Å². The average molecular weight is 363 g/mol. The zero-order chi connectivity index (χ0) is 19.0. The summed E-state index contributed by atoms with van der Waals surface area (Å²) in [6.07, 6.45) is 0.953. The molecule has 2 aliphatic rings. The van der Waals surface area contributed by atoms with Gasteiger partial charge in [0.2, 0.25) is 5.91 Å². The van der Waals surface area contributed by atoms with Gasteiger partial charge in [-0.3, -0.25) is 14.9 Å². The lowest BCUT2D eigenvalue weighted by atomic mass is 9.99. The van der Waals surface area contributed by atoms with Crippen LogP contribution in [0.15, 0.2) is 42.5 Å². The van der Waals surface area contributed by atoms with Gasteiger partial charge in [0, 0.05) is 25.2 Å². The highest BCUT2D eigenvalue weighted by atomic mass is 16.2. The van der Waals surface area contributed by atoms with Crippen molar-refractivity contribution in [1.29, 1.82) is 0 Å². The summed E-state index contributed by atoms with van der Waals surface area (Å²) in [5.74, 6) is -0.145. The van der Waals surface area contributed by atoms with Gasteiger partial charge < -0.3 is 9.80 Å². The van der Waals surface area contributed by atoms with Gasteiger partial charge in [0.15, 0.2) is 0 Å². The summed E-state index contributed by atoms with van der Waals surface area (Å²) in [5, 5.41) is 2.28. The maximum Gasteiger partial charge on any atom is 0.324 e. The second-order valence-corrected chi connectivity index (χ2v) is 7.00. The molecule has 0 atom stereocenters. The fourth-order valence-corrected chi connectivity index (χ4v) is 3.64. The van der Waals surface area contributed by atoms with Crippen LogP contribution in [-0.4, -0.2) is 40.7 Å². The number of imide groups is 1. The molecule has 2 aromatic rings. The molecule has 0 spiro atoms. The van der Waals surface area contributed by atoms with Crippen LogP contribution in [0.1, 0.15) is 34.8 Å². The molecule has 1 saturated heterocycles. The molecule has 0 aliphatic carbocycles. The van der Waals surface area contributed by atoms with Crippen LogP contribution in [0, 0.1) is 0 Å². The number of hydrogen-bond acceptors (Lipinski definition) is 3. The van der Waals surface area contributed by atoms with Gasteiger partial charge in [0.05, 0.1) is 0 Å². The molecular weight excluding hydrogens is 342 g/mol. The number of fused-ring (bicyclic) bond motifs is 1. The van der Waals surface area contributed by atoms with Gasteiger partial charge in [0.25, 0.3) is 5.91 Å². The predicted octanol–water partition coefficient (Wildman–Crippen LogP) is 2.77. The van der Waals surface area contributed by atoms with E-state index in [0.29, 0.717) is 13.1 Å². The van der Waals surface area contributed by atoms with E-state index in [9.17, 15) is 14.4 Å². The summed E-state index contributed by atoms with van der Waals surface area (Å²) in [6, 6.07) is 13.6. The van der Waals surface area contributed by atoms with Crippen LogP contribution < -0.4 is 5.32 Å². The molecule has 0 aromatic heterocycles. The molecule has 27 heavy (non-hydrogen) atoms. The molecule has 1 fully saturated rings. The van der Waals surface area contributed by atoms with Gasteiger partial charge in [-0.25, -0.2) is 4.79 Å². The quantitative estimate of drug-likeness (QED) is 0.831. The fourth-order valence-electron chi connectivity index (χ4n) is 3.64. The van der Waals surface area contributed by atoms with E-state index in [0.717, 1.165) is 40.8 Å². The van der Waals surface area contributed by atoms with Gasteiger partial charge >= 0.3 is 6.03 Å². The monoisotopic (exact) mass is 363 g/mol. The fraction of sp³-hybridized carbons (Fsp3) is 0.286. The molecule has 0 bridgehead atoms. The number of nitrogens with one attached hydrogen (secondary N) is 1. The first-order valence-electron chi connectivity index (χ1n) is 9.15. The minimum absolute atomic E-state index is 0.105. The third-order valence-electron chi connectivity index (χ3n) is 5.01. The summed E-state index contributed by atoms with van der Waals surface area (Å²) in [6.45, 7) is 4.04. The predicted molar refractivity (Wildman–Crippen MR) is 101 cm³/mol. The lowest BCUT2D eigenvalue weighted by molar-refractivity contribution is -0.118. The second-order valence-electron chi connectivity index (χ2n) is 7.00. The van der Waals surface area contributed by atoms with E-state index in [-0.39, 0.29) is 24.4 Å². The Balaban J connectivity index is 1.50. The molecule has 138 valence electrons. The summed E-state index contributed by atoms with van der Waals surface area (Å²) < 4.78 is 0. The maximum absolute atomic E-state index is 12.4. The Morgan fingerprint density at radius 3 is 2.33 bits per heavy atom. The van der Waals surface area contributed by atoms with Crippen LogP contribution >= 0.6 is 0 Å². The normalized spacial score (nSPS) is 16.1. The van der Waals surface area contributed by atoms with Crippen molar-refractivity contribution in [3.63, 3.8) is 0 Å². The van der Waals surface area contributed by atoms with Crippen molar-refractivity contribution in [3.8, 4) is 11.1 Å². The maximum atomic E-state index is 12.4. The van der Waals surface area contributed by atoms with E-state index >= 15 is 0 Å². The minimum atomic E-state index is -0.344. The van der Waals surface area contributed by atoms with Crippen molar-refractivity contribution in [2.24, 2.45) is 0 Å². The summed E-state index contributed by atoms with van der Waals surface area (Å²) >= 11 is 0. The molecule has 1 N–H and O–H groups in total. The van der Waals surface area contributed by atoms with Gasteiger partial charge in [-0.1, -0.05) is 37.3 Å². The molecule has 6 nitrogen and oxygen atoms in total. The van der Waals surface area contributed by atoms with Crippen LogP contribution in [0.4, 0.5) is 4.79 Å². The number of urea groups is 1. The lowest BCUT2D eigenvalue weighted by Crippen LogP contribution is -2.27. The average Bonchev–Trinajstić information content (AvgIpc) is 3.14. The number of hydrogen-bond donors (Lipinski definition) is 1. The van der Waals surface area contributed by atoms with E-state index in [1.54, 1.807) is 0 Å². The second kappa shape index (κ2) is 6.87. The third-order valence-corrected chi connectivity index (χ3v) is 5.01. The van der Waals surface area contributed by atoms with Crippen molar-refractivity contribution >= 4 is 17.8 Å². The molecule has 6 heteroatoms. The van der Waals surface area contributed by atoms with Crippen LogP contribution in [0.25, 0.3) is 11.1 Å². The first kappa shape index (κ1) is 17.3. The van der Waals surface area contributed by atoms with Gasteiger partial charge in [-0.05, 0) is 40.8 Å². The van der Waals surface area contributed by atoms with Crippen LogP contribution in [0.3, 0.4) is 0 Å². The highest BCUT2D eigenvalue weighted by Gasteiger charge is 2.27. The highest BCUT2D eigenvalue weighted by molar-refractivity contribution is 6.01. The molecule has 2 aliphatic heterocycles. The number of rotatable bonds is 5. The topological polar surface area (TPSA) is 69.7 Å². The largest absolute Gasteiger partial charge is 0.334 e. The van der Waals surface area contributed by atoms with Crippen LogP contribution in [-0.2, 0) is 17.9 Å². The van der Waals surface area contributed by atoms with Gasteiger partial charge in [-0.2, -0.15) is 0 Å². The first-order chi connectivity index (χ1) is 13.0. The van der Waals surface area contributed by atoms with E-state index < -0.39 is 0 Å². The number of carbonyl (C=O) groups excluding carboxylic acids is 3. The molecule has 2 aromatic carbocycles. The molecule has 0 unspecified atom stereocenters. The Bertz CT molecular complexity index is 921. The van der Waals surface area contributed by atoms with Gasteiger partial charge in [-0.15, -0.1) is 0 Å². The molecule has 0 radical (unpaired) electrons. The summed E-state index contributed by atoms with van der Waals surface area (Å²) in [7, 11) is 0. The molecular formula is C21H21N3O3. The number of benzene rings is 2. The first-order valence-corrected chi connectivity index (χ1v) is 9.15. The van der Waals surface area contributed by atoms with Crippen molar-refractivity contribution in [2.45, 2.75) is 26.4 Å². The summed E-state index contributed by atoms with van der Waals surface area (Å²) in [5.41, 5.74) is 4.97. The Kier molecular flexibility index (Phi) is 4.39. The highest BCUT2D eigenvalue weighted by Crippen LogP contribution is 2.29. The standard InChI is InChI=1S/C21H21N3O3/c1-2-9-23-12-17-10-16(7-8-18(17)20(23)26)15-5-3-14(4-6-15)11-24-13-19(25)22-21(24)27/h3-8,10H,2,9,11-13H2,1H3,(H,22,25,27). The van der Waals surface area contributed by atoms with Gasteiger partial charge in [0.1, 0.15) is 6.54 Å². The van der Waals surface area contributed by atoms with E-state index in [1.165, 1.54) is 4.90 Å². The smallest absolute Gasteiger partial charge is 0.324 e. The van der Waals surface area contributed by atoms with Crippen LogP contribution in [0.2, 0.25) is 0 Å². The third kappa shape index (κ3) is 3.30. The van der Waals surface area contributed by atoms with Crippen molar-refractivity contribution in [1.82, 2.24) is 15.1 Å². The minimum Gasteiger partial charge on any atom is -0.334 e. The van der Waals surface area contributed by atoms with E-state index in [4.69, 9.17) is 0 Å². The molecule has 4 rings (SSSR count). The molecule has 4 amide bonds. The lowest BCUT2D eigenvalue weighted by Gasteiger charge is -2.13. The zero-order valence-electron chi connectivity index (χ0n) is 15.2. The van der Waals surface area contributed by atoms with E-state index in [2.05, 4.69) is 18.3 Å². The number of amides is 4. The zero-order valence-corrected chi connectivity index (χ0v) is 15.2. The molecule has 0 saturated carbocycles. The Labute approximate surface area is 157 Å². The van der Waals surface area contributed by atoms with E-state index in [1.807, 2.05) is 41.3 Å². The van der Waals surface area contributed by atoms with Crippen molar-refractivity contribution in [3.05, 3.63) is 59.2 Å². The van der Waals surface area contributed by atoms with Crippen molar-refractivity contribution < 1.29 is 14.4 Å². The Hall–Kier alpha value is -3.15. The number of carbonyl (C=O) groups is 3. The Morgan fingerprint density at radius 2 is 1.67 bits per heavy atom. The SMILES string of the molecule is CCCN1Cc2cc(-c3ccc(CN4CC(=O)NC4=O)cc3)ccc2C1=O. The van der Waals surface area contributed by atoms with Crippen molar-refractivity contribution in [2.75, 3.05) is 13.1 Å².